The molecule has 11 aromatic carbocycles. The number of anilines is 6. The summed E-state index contributed by atoms with van der Waals surface area (Å²) >= 11 is 1.87. The Morgan fingerprint density at radius 3 is 1.45 bits per heavy atom. The van der Waals surface area contributed by atoms with Crippen molar-refractivity contribution in [3.8, 4) is 27.9 Å². The summed E-state index contributed by atoms with van der Waals surface area (Å²) in [6.45, 7) is 0. The Balaban J connectivity index is 0.859. The molecule has 0 fully saturated rings. The molecule has 0 spiro atoms. The van der Waals surface area contributed by atoms with Crippen molar-refractivity contribution in [2.45, 2.75) is 0 Å². The first kappa shape index (κ1) is 40.9. The van der Waals surface area contributed by atoms with E-state index >= 15 is 0 Å². The van der Waals surface area contributed by atoms with E-state index in [4.69, 9.17) is 4.42 Å². The van der Waals surface area contributed by atoms with E-state index in [2.05, 4.69) is 263 Å². The first-order valence-corrected chi connectivity index (χ1v) is 24.9. The topological polar surface area (TPSA) is 24.6 Å². The molecule has 0 bridgehead atoms. The predicted molar refractivity (Wildman–Crippen MR) is 301 cm³/mol. The molecule has 0 unspecified atom stereocenters. The van der Waals surface area contributed by atoms with Crippen molar-refractivity contribution in [3.05, 3.63) is 261 Å². The van der Waals surface area contributed by atoms with E-state index in [1.165, 1.54) is 47.6 Å². The smallest absolute Gasteiger partial charge is 0.135 e. The molecule has 334 valence electrons. The Labute approximate surface area is 414 Å². The molecule has 3 aromatic heterocycles. The number of rotatable bonds is 9. The van der Waals surface area contributed by atoms with Crippen molar-refractivity contribution in [1.82, 2.24) is 4.57 Å². The van der Waals surface area contributed by atoms with E-state index in [9.17, 15) is 0 Å². The highest BCUT2D eigenvalue weighted by Crippen LogP contribution is 2.46. The normalized spacial score (nSPS) is 11.7. The van der Waals surface area contributed by atoms with Gasteiger partial charge in [-0.1, -0.05) is 146 Å². The summed E-state index contributed by atoms with van der Waals surface area (Å²) in [5.41, 5.74) is 16.4. The fourth-order valence-corrected chi connectivity index (χ4v) is 11.8. The first-order chi connectivity index (χ1) is 35.2. The average Bonchev–Trinajstić information content (AvgIpc) is 4.12. The van der Waals surface area contributed by atoms with Crippen LogP contribution in [0, 0.1) is 0 Å². The maximum Gasteiger partial charge on any atom is 0.135 e. The second-order valence-corrected chi connectivity index (χ2v) is 19.2. The van der Waals surface area contributed by atoms with E-state index in [1.54, 1.807) is 0 Å². The molecule has 14 rings (SSSR count). The lowest BCUT2D eigenvalue weighted by atomic mass is 10.0. The molecule has 0 saturated heterocycles. The SMILES string of the molecule is c1ccc(-c2ccc(-n3c4cc(N(c5ccccc5)c5ccc(-c6ccc(N(c7ccccc7)c7ccc8oc9ccccc9c8c7)cc6)cc5)ccc4c4c5c(ccc43)sc3ccccc35)cc2)cc1. The van der Waals surface area contributed by atoms with Gasteiger partial charge in [-0.15, -0.1) is 11.3 Å². The molecule has 0 atom stereocenters. The fraction of sp³-hybridized carbons (Fsp3) is 0. The minimum atomic E-state index is 0.884. The Kier molecular flexibility index (Phi) is 9.68. The third-order valence-corrected chi connectivity index (χ3v) is 15.1. The zero-order chi connectivity index (χ0) is 46.8. The fourth-order valence-electron chi connectivity index (χ4n) is 10.7. The number of hydrogen-bond acceptors (Lipinski definition) is 4. The quantitative estimate of drug-likeness (QED) is 0.144. The minimum absolute atomic E-state index is 0.884. The van der Waals surface area contributed by atoms with Gasteiger partial charge in [-0.3, -0.25) is 0 Å². The minimum Gasteiger partial charge on any atom is -0.456 e. The van der Waals surface area contributed by atoms with Crippen molar-refractivity contribution in [2.24, 2.45) is 0 Å². The summed E-state index contributed by atoms with van der Waals surface area (Å²) in [7, 11) is 0. The summed E-state index contributed by atoms with van der Waals surface area (Å²) < 4.78 is 11.3. The molecule has 0 amide bonds. The van der Waals surface area contributed by atoms with Gasteiger partial charge in [-0.05, 0) is 138 Å². The molecule has 4 nitrogen and oxygen atoms in total. The third kappa shape index (κ3) is 6.97. The van der Waals surface area contributed by atoms with Gasteiger partial charge in [0.25, 0.3) is 0 Å². The van der Waals surface area contributed by atoms with Crippen LogP contribution in [0.3, 0.4) is 0 Å². The summed E-state index contributed by atoms with van der Waals surface area (Å²) in [5.74, 6) is 0. The van der Waals surface area contributed by atoms with Crippen LogP contribution in [0.5, 0.6) is 0 Å². The van der Waals surface area contributed by atoms with E-state index in [-0.39, 0.29) is 0 Å². The second-order valence-electron chi connectivity index (χ2n) is 18.1. The van der Waals surface area contributed by atoms with Crippen LogP contribution in [0.15, 0.2) is 265 Å². The van der Waals surface area contributed by atoms with Gasteiger partial charge in [-0.2, -0.15) is 0 Å². The molecular formula is C66H43N3OS. The highest BCUT2D eigenvalue weighted by atomic mass is 32.1. The molecule has 0 saturated carbocycles. The molecule has 3 heterocycles. The zero-order valence-electron chi connectivity index (χ0n) is 38.5. The van der Waals surface area contributed by atoms with Crippen LogP contribution in [0.1, 0.15) is 0 Å². The van der Waals surface area contributed by atoms with E-state index in [0.717, 1.165) is 78.4 Å². The van der Waals surface area contributed by atoms with Crippen LogP contribution in [-0.2, 0) is 0 Å². The largest absolute Gasteiger partial charge is 0.456 e. The number of hydrogen-bond donors (Lipinski definition) is 0. The zero-order valence-corrected chi connectivity index (χ0v) is 39.3. The average molecular weight is 926 g/mol. The van der Waals surface area contributed by atoms with Crippen LogP contribution in [-0.4, -0.2) is 4.57 Å². The molecule has 0 aliphatic heterocycles. The van der Waals surface area contributed by atoms with Crippen LogP contribution < -0.4 is 9.80 Å². The third-order valence-electron chi connectivity index (χ3n) is 14.0. The predicted octanol–water partition coefficient (Wildman–Crippen LogP) is 19.3. The summed E-state index contributed by atoms with van der Waals surface area (Å²) in [4.78, 5) is 4.69. The van der Waals surface area contributed by atoms with Gasteiger partial charge in [0.2, 0.25) is 0 Å². The number of benzene rings is 11. The molecule has 0 N–H and O–H groups in total. The van der Waals surface area contributed by atoms with Crippen molar-refractivity contribution in [1.29, 1.82) is 0 Å². The van der Waals surface area contributed by atoms with Crippen LogP contribution in [0.25, 0.3) is 91.9 Å². The second kappa shape index (κ2) is 16.8. The van der Waals surface area contributed by atoms with Crippen molar-refractivity contribution in [2.75, 3.05) is 9.80 Å². The van der Waals surface area contributed by atoms with Gasteiger partial charge in [0.05, 0.1) is 11.0 Å². The highest BCUT2D eigenvalue weighted by molar-refractivity contribution is 7.26. The van der Waals surface area contributed by atoms with E-state index in [0.29, 0.717) is 0 Å². The van der Waals surface area contributed by atoms with E-state index in [1.807, 2.05) is 23.5 Å². The monoisotopic (exact) mass is 925 g/mol. The van der Waals surface area contributed by atoms with Gasteiger partial charge in [-0.25, -0.2) is 0 Å². The Bertz CT molecular complexity index is 4250. The van der Waals surface area contributed by atoms with Gasteiger partial charge >= 0.3 is 0 Å². The number of para-hydroxylation sites is 3. The Morgan fingerprint density at radius 1 is 0.296 bits per heavy atom. The van der Waals surface area contributed by atoms with Crippen LogP contribution in [0.4, 0.5) is 34.1 Å². The van der Waals surface area contributed by atoms with Gasteiger partial charge < -0.3 is 18.8 Å². The summed E-state index contributed by atoms with van der Waals surface area (Å²) in [5, 5.41) is 7.36. The first-order valence-electron chi connectivity index (χ1n) is 24.1. The molecular weight excluding hydrogens is 883 g/mol. The number of aromatic nitrogens is 1. The number of thiophene rings is 1. The van der Waals surface area contributed by atoms with Crippen molar-refractivity contribution in [3.63, 3.8) is 0 Å². The number of furan rings is 1. The lowest BCUT2D eigenvalue weighted by Crippen LogP contribution is -2.10. The Hall–Kier alpha value is -9.16. The Morgan fingerprint density at radius 2 is 0.789 bits per heavy atom. The molecule has 0 radical (unpaired) electrons. The maximum atomic E-state index is 6.20. The van der Waals surface area contributed by atoms with Gasteiger partial charge in [0.1, 0.15) is 11.2 Å². The summed E-state index contributed by atoms with van der Waals surface area (Å²) in [6.07, 6.45) is 0. The highest BCUT2D eigenvalue weighted by Gasteiger charge is 2.22. The molecule has 0 aliphatic rings. The molecule has 0 aliphatic carbocycles. The number of nitrogens with zero attached hydrogens (tertiary/aromatic N) is 3. The van der Waals surface area contributed by atoms with Gasteiger partial charge in [0, 0.05) is 81.5 Å². The lowest BCUT2D eigenvalue weighted by molar-refractivity contribution is 0.669. The standard InChI is InChI=1S/C66H43N3OS/c1-4-14-44(15-5-1)45-28-34-52(35-29-45)69-59-39-41-64-66(57-21-11-13-23-63(57)71-64)65(59)56-38-36-54(43-60(56)69)68(49-18-8-3-9-19-49)51-32-26-47(27-33-51)46-24-30-50(31-25-46)67(48-16-6-2-7-17-48)53-37-40-62-58(42-53)55-20-10-12-22-61(55)70-62/h1-43H. The van der Waals surface area contributed by atoms with Crippen molar-refractivity contribution < 1.29 is 4.42 Å². The van der Waals surface area contributed by atoms with Crippen LogP contribution >= 0.6 is 11.3 Å². The van der Waals surface area contributed by atoms with Gasteiger partial charge in [0.15, 0.2) is 0 Å². The maximum absolute atomic E-state index is 6.20. The summed E-state index contributed by atoms with van der Waals surface area (Å²) in [6, 6.07) is 94.0. The van der Waals surface area contributed by atoms with E-state index < -0.39 is 0 Å². The number of fused-ring (bicyclic) bond motifs is 10. The lowest BCUT2D eigenvalue weighted by Gasteiger charge is -2.26. The molecule has 5 heteroatoms. The molecule has 14 aromatic rings. The molecule has 71 heavy (non-hydrogen) atoms. The van der Waals surface area contributed by atoms with Crippen LogP contribution in [0.2, 0.25) is 0 Å². The van der Waals surface area contributed by atoms with Crippen molar-refractivity contribution >= 4 is 109 Å².